The van der Waals surface area contributed by atoms with E-state index in [1.807, 2.05) is 22.7 Å². The summed E-state index contributed by atoms with van der Waals surface area (Å²) in [5.74, 6) is 0. The van der Waals surface area contributed by atoms with Gasteiger partial charge in [0.25, 0.3) is 0 Å². The lowest BCUT2D eigenvalue weighted by atomic mass is 10.1. The quantitative estimate of drug-likeness (QED) is 0.249. The van der Waals surface area contributed by atoms with Gasteiger partial charge in [-0.15, -0.1) is 22.7 Å². The lowest BCUT2D eigenvalue weighted by Crippen LogP contribution is -2.00. The summed E-state index contributed by atoms with van der Waals surface area (Å²) in [6.07, 6.45) is 0. The second-order valence-corrected chi connectivity index (χ2v) is 10.5. The summed E-state index contributed by atoms with van der Waals surface area (Å²) in [6, 6.07) is 27.4. The summed E-state index contributed by atoms with van der Waals surface area (Å²) in [5, 5.41) is 8.30. The second-order valence-electron chi connectivity index (χ2n) is 8.33. The largest absolute Gasteiger partial charge is 0.337 e. The van der Waals surface area contributed by atoms with E-state index in [1.165, 1.54) is 62.2 Å². The van der Waals surface area contributed by atoms with E-state index in [9.17, 15) is 0 Å². The lowest BCUT2D eigenvalue weighted by Gasteiger charge is -2.13. The zero-order chi connectivity index (χ0) is 20.0. The van der Waals surface area contributed by atoms with Crippen LogP contribution >= 0.6 is 22.7 Å². The van der Waals surface area contributed by atoms with Crippen molar-refractivity contribution in [1.29, 1.82) is 0 Å². The van der Waals surface area contributed by atoms with Crippen molar-refractivity contribution in [2.75, 3.05) is 0 Å². The normalized spacial score (nSPS) is 12.6. The Bertz CT molecular complexity index is 1650. The van der Waals surface area contributed by atoms with Gasteiger partial charge in [-0.3, -0.25) is 0 Å². The Morgan fingerprint density at radius 2 is 1.00 bits per heavy atom. The molecule has 1 nitrogen and oxygen atoms in total. The SMILES string of the molecule is CC(C)n1c2c(ccc3sc4ccccc4c32)c2ccc3sc4ccccc4c3c21. The van der Waals surface area contributed by atoms with Crippen molar-refractivity contribution in [2.24, 2.45) is 0 Å². The predicted octanol–water partition coefficient (Wildman–Crippen LogP) is 9.11. The molecule has 0 N–H and O–H groups in total. The first-order valence-electron chi connectivity index (χ1n) is 10.4. The van der Waals surface area contributed by atoms with Crippen LogP contribution in [-0.4, -0.2) is 4.57 Å². The molecule has 7 aromatic rings. The molecule has 0 saturated carbocycles. The molecule has 0 amide bonds. The molecular weight excluding hydrogens is 402 g/mol. The maximum absolute atomic E-state index is 2.60. The van der Waals surface area contributed by atoms with Crippen LogP contribution in [0.1, 0.15) is 19.9 Å². The van der Waals surface area contributed by atoms with Crippen LogP contribution < -0.4 is 0 Å². The fraction of sp³-hybridized carbons (Fsp3) is 0.111. The summed E-state index contributed by atoms with van der Waals surface area (Å²) in [6.45, 7) is 4.64. The van der Waals surface area contributed by atoms with Gasteiger partial charge in [-0.1, -0.05) is 48.5 Å². The molecule has 0 atom stereocenters. The van der Waals surface area contributed by atoms with Crippen LogP contribution in [0.2, 0.25) is 0 Å². The molecule has 0 aliphatic rings. The Balaban J connectivity index is 1.84. The molecule has 3 heterocycles. The number of aromatic nitrogens is 1. The van der Waals surface area contributed by atoms with Gasteiger partial charge in [0.05, 0.1) is 11.0 Å². The van der Waals surface area contributed by atoms with Gasteiger partial charge in [0.1, 0.15) is 0 Å². The molecular formula is C27H19NS2. The zero-order valence-corrected chi connectivity index (χ0v) is 18.4. The number of hydrogen-bond donors (Lipinski definition) is 0. The minimum atomic E-state index is 0.374. The first kappa shape index (κ1) is 16.9. The van der Waals surface area contributed by atoms with Gasteiger partial charge in [-0.2, -0.15) is 0 Å². The predicted molar refractivity (Wildman–Crippen MR) is 136 cm³/mol. The third-order valence-electron chi connectivity index (χ3n) is 6.32. The van der Waals surface area contributed by atoms with Gasteiger partial charge >= 0.3 is 0 Å². The number of benzene rings is 4. The van der Waals surface area contributed by atoms with Gasteiger partial charge in [0, 0.05) is 57.2 Å². The molecule has 4 aromatic carbocycles. The second kappa shape index (κ2) is 5.84. The van der Waals surface area contributed by atoms with Crippen LogP contribution in [0.5, 0.6) is 0 Å². The van der Waals surface area contributed by atoms with Crippen LogP contribution in [0.15, 0.2) is 72.8 Å². The molecule has 0 unspecified atom stereocenters. The smallest absolute Gasteiger partial charge is 0.0588 e. The fourth-order valence-corrected chi connectivity index (χ4v) is 7.38. The van der Waals surface area contributed by atoms with E-state index in [2.05, 4.69) is 91.2 Å². The summed E-state index contributed by atoms with van der Waals surface area (Å²) < 4.78 is 8.09. The number of hydrogen-bond acceptors (Lipinski definition) is 2. The highest BCUT2D eigenvalue weighted by Crippen LogP contribution is 2.46. The Kier molecular flexibility index (Phi) is 3.28. The highest BCUT2D eigenvalue weighted by molar-refractivity contribution is 7.26. The van der Waals surface area contributed by atoms with Gasteiger partial charge in [-0.05, 0) is 38.1 Å². The Morgan fingerprint density at radius 1 is 0.533 bits per heavy atom. The standard InChI is InChI=1S/C27H19NS2/c1-15(2)28-26-16(11-13-22-24(26)18-7-3-5-9-20(18)29-22)17-12-14-23-25(27(17)28)19-8-4-6-10-21(19)30-23/h3-15H,1-2H3. The van der Waals surface area contributed by atoms with Crippen LogP contribution in [0.3, 0.4) is 0 Å². The highest BCUT2D eigenvalue weighted by Gasteiger charge is 2.21. The third kappa shape index (κ3) is 2.02. The number of rotatable bonds is 1. The number of fused-ring (bicyclic) bond motifs is 11. The van der Waals surface area contributed by atoms with Crippen molar-refractivity contribution in [2.45, 2.75) is 19.9 Å². The first-order valence-corrected chi connectivity index (χ1v) is 12.0. The molecule has 0 saturated heterocycles. The van der Waals surface area contributed by atoms with E-state index in [0.717, 1.165) is 0 Å². The van der Waals surface area contributed by atoms with Gasteiger partial charge in [0.2, 0.25) is 0 Å². The van der Waals surface area contributed by atoms with E-state index < -0.39 is 0 Å². The van der Waals surface area contributed by atoms with Crippen molar-refractivity contribution in [1.82, 2.24) is 4.57 Å². The zero-order valence-electron chi connectivity index (χ0n) is 16.8. The molecule has 0 radical (unpaired) electrons. The Labute approximate surface area is 181 Å². The van der Waals surface area contributed by atoms with Crippen LogP contribution in [-0.2, 0) is 0 Å². The lowest BCUT2D eigenvalue weighted by molar-refractivity contribution is 0.645. The minimum absolute atomic E-state index is 0.374. The molecule has 0 fully saturated rings. The molecule has 3 aromatic heterocycles. The number of nitrogens with zero attached hydrogens (tertiary/aromatic N) is 1. The van der Waals surface area contributed by atoms with E-state index >= 15 is 0 Å². The average Bonchev–Trinajstić information content (AvgIpc) is 3.41. The maximum Gasteiger partial charge on any atom is 0.0588 e. The molecule has 0 aliphatic heterocycles. The Morgan fingerprint density at radius 3 is 1.47 bits per heavy atom. The number of thiophene rings is 2. The maximum atomic E-state index is 2.60. The molecule has 3 heteroatoms. The molecule has 0 bridgehead atoms. The first-order chi connectivity index (χ1) is 14.7. The van der Waals surface area contributed by atoms with Crippen molar-refractivity contribution in [3.63, 3.8) is 0 Å². The minimum Gasteiger partial charge on any atom is -0.337 e. The van der Waals surface area contributed by atoms with Crippen LogP contribution in [0, 0.1) is 0 Å². The summed E-state index contributed by atoms with van der Waals surface area (Å²) >= 11 is 3.81. The van der Waals surface area contributed by atoms with Crippen molar-refractivity contribution >= 4 is 84.8 Å². The van der Waals surface area contributed by atoms with E-state index in [-0.39, 0.29) is 0 Å². The molecule has 0 spiro atoms. The van der Waals surface area contributed by atoms with E-state index in [0.29, 0.717) is 6.04 Å². The monoisotopic (exact) mass is 421 g/mol. The summed E-state index contributed by atoms with van der Waals surface area (Å²) in [7, 11) is 0. The molecule has 144 valence electrons. The third-order valence-corrected chi connectivity index (χ3v) is 8.59. The van der Waals surface area contributed by atoms with E-state index in [1.54, 1.807) is 0 Å². The van der Waals surface area contributed by atoms with Crippen LogP contribution in [0.25, 0.3) is 62.2 Å². The van der Waals surface area contributed by atoms with Crippen LogP contribution in [0.4, 0.5) is 0 Å². The summed E-state index contributed by atoms with van der Waals surface area (Å²) in [5.41, 5.74) is 2.77. The van der Waals surface area contributed by atoms with Gasteiger partial charge in [0.15, 0.2) is 0 Å². The topological polar surface area (TPSA) is 4.93 Å². The van der Waals surface area contributed by atoms with Crippen molar-refractivity contribution < 1.29 is 0 Å². The molecule has 7 rings (SSSR count). The Hall–Kier alpha value is -2.88. The molecule has 30 heavy (non-hydrogen) atoms. The highest BCUT2D eigenvalue weighted by atomic mass is 32.1. The summed E-state index contributed by atoms with van der Waals surface area (Å²) in [4.78, 5) is 0. The molecule has 0 aliphatic carbocycles. The van der Waals surface area contributed by atoms with Crippen molar-refractivity contribution in [3.8, 4) is 0 Å². The average molecular weight is 422 g/mol. The van der Waals surface area contributed by atoms with Crippen molar-refractivity contribution in [3.05, 3.63) is 72.8 Å². The van der Waals surface area contributed by atoms with Gasteiger partial charge < -0.3 is 4.57 Å². The van der Waals surface area contributed by atoms with Gasteiger partial charge in [-0.25, -0.2) is 0 Å². The fourth-order valence-electron chi connectivity index (χ4n) is 5.16. The van der Waals surface area contributed by atoms with E-state index in [4.69, 9.17) is 0 Å².